The average Bonchev–Trinajstić information content (AvgIpc) is 2.96. The van der Waals surface area contributed by atoms with E-state index in [1.54, 1.807) is 25.4 Å². The molecular weight excluding hydrogens is 272 g/mol. The first kappa shape index (κ1) is 12.0. The number of imidazole rings is 1. The molecule has 0 radical (unpaired) electrons. The molecule has 3 aromatic heterocycles. The van der Waals surface area contributed by atoms with Crippen molar-refractivity contribution >= 4 is 22.5 Å². The number of hydrogen-bond acceptors (Lipinski definition) is 3. The van der Waals surface area contributed by atoms with E-state index in [1.807, 2.05) is 0 Å². The van der Waals surface area contributed by atoms with Crippen LogP contribution in [0.4, 0.5) is 8.78 Å². The second kappa shape index (κ2) is 4.27. The Balaban J connectivity index is 2.12. The zero-order chi connectivity index (χ0) is 13.6. The number of aromatic nitrogens is 3. The van der Waals surface area contributed by atoms with E-state index in [0.29, 0.717) is 21.6 Å². The van der Waals surface area contributed by atoms with Crippen LogP contribution in [0, 0.1) is 0 Å². The molecular formula is C12H9F2N3OS. The van der Waals surface area contributed by atoms with Crippen molar-refractivity contribution in [2.75, 3.05) is 0 Å². The number of aryl methyl sites for hydroxylation is 1. The fraction of sp³-hybridized carbons (Fsp3) is 0.167. The number of H-pyrrole nitrogens is 1. The first-order valence-corrected chi connectivity index (χ1v) is 6.31. The Morgan fingerprint density at radius 1 is 1.42 bits per heavy atom. The van der Waals surface area contributed by atoms with E-state index in [1.165, 1.54) is 10.6 Å². The van der Waals surface area contributed by atoms with Gasteiger partial charge < -0.3 is 4.98 Å². The third-order valence-corrected chi connectivity index (χ3v) is 4.00. The van der Waals surface area contributed by atoms with Crippen LogP contribution in [0.2, 0.25) is 0 Å². The summed E-state index contributed by atoms with van der Waals surface area (Å²) in [5.74, 6) is 0. The van der Waals surface area contributed by atoms with Crippen molar-refractivity contribution in [1.82, 2.24) is 14.5 Å². The molecule has 3 rings (SSSR count). The van der Waals surface area contributed by atoms with Crippen molar-refractivity contribution in [3.63, 3.8) is 0 Å². The lowest BCUT2D eigenvalue weighted by Gasteiger charge is -1.98. The minimum Gasteiger partial charge on any atom is -0.304 e. The van der Waals surface area contributed by atoms with Gasteiger partial charge in [0.05, 0.1) is 10.4 Å². The van der Waals surface area contributed by atoms with Crippen LogP contribution in [0.3, 0.4) is 0 Å². The van der Waals surface area contributed by atoms with Crippen molar-refractivity contribution in [1.29, 1.82) is 0 Å². The minimum absolute atomic E-state index is 0.0247. The van der Waals surface area contributed by atoms with Gasteiger partial charge in [-0.15, -0.1) is 11.3 Å². The van der Waals surface area contributed by atoms with Crippen LogP contribution >= 0.6 is 11.3 Å². The van der Waals surface area contributed by atoms with Crippen molar-refractivity contribution in [3.8, 4) is 10.4 Å². The largest absolute Gasteiger partial charge is 0.327 e. The van der Waals surface area contributed by atoms with Crippen molar-refractivity contribution < 1.29 is 8.78 Å². The number of nitrogens with one attached hydrogen (secondary N) is 1. The predicted molar refractivity (Wildman–Crippen MR) is 69.6 cm³/mol. The van der Waals surface area contributed by atoms with Crippen LogP contribution in [0.25, 0.3) is 21.6 Å². The summed E-state index contributed by atoms with van der Waals surface area (Å²) in [4.78, 5) is 19.0. The van der Waals surface area contributed by atoms with Gasteiger partial charge in [0, 0.05) is 23.7 Å². The van der Waals surface area contributed by atoms with Gasteiger partial charge in [-0.05, 0) is 18.2 Å². The van der Waals surface area contributed by atoms with Crippen LogP contribution < -0.4 is 5.69 Å². The number of aromatic amines is 1. The van der Waals surface area contributed by atoms with E-state index in [4.69, 9.17) is 0 Å². The van der Waals surface area contributed by atoms with E-state index in [-0.39, 0.29) is 10.6 Å². The summed E-state index contributed by atoms with van der Waals surface area (Å²) in [6, 6.07) is 4.78. The molecule has 0 fully saturated rings. The van der Waals surface area contributed by atoms with Crippen LogP contribution in [0.1, 0.15) is 11.3 Å². The number of pyridine rings is 1. The fourth-order valence-electron chi connectivity index (χ4n) is 1.87. The molecule has 3 aromatic rings. The molecule has 1 N–H and O–H groups in total. The van der Waals surface area contributed by atoms with Crippen molar-refractivity contribution in [2.45, 2.75) is 6.43 Å². The molecule has 0 aliphatic carbocycles. The highest BCUT2D eigenvalue weighted by molar-refractivity contribution is 7.15. The molecule has 0 saturated carbocycles. The van der Waals surface area contributed by atoms with E-state index in [2.05, 4.69) is 9.97 Å². The standard InChI is InChI=1S/C12H9F2N3OS/c1-17-11-7(16-12(17)18)4-6(5-15-11)8-2-3-9(19-8)10(13)14/h2-5,10H,1H3,(H,16,18). The predicted octanol–water partition coefficient (Wildman–Crippen LogP) is 2.93. The Kier molecular flexibility index (Phi) is 2.70. The summed E-state index contributed by atoms with van der Waals surface area (Å²) in [6.45, 7) is 0. The molecule has 0 spiro atoms. The second-order valence-electron chi connectivity index (χ2n) is 4.09. The Morgan fingerprint density at radius 3 is 2.89 bits per heavy atom. The number of hydrogen-bond donors (Lipinski definition) is 1. The van der Waals surface area contributed by atoms with Gasteiger partial charge in [-0.25, -0.2) is 18.6 Å². The Labute approximate surface area is 110 Å². The molecule has 0 atom stereocenters. The summed E-state index contributed by atoms with van der Waals surface area (Å²) < 4.78 is 26.5. The summed E-state index contributed by atoms with van der Waals surface area (Å²) in [5, 5.41) is 0. The zero-order valence-electron chi connectivity index (χ0n) is 9.85. The van der Waals surface area contributed by atoms with Crippen molar-refractivity contribution in [3.05, 3.63) is 39.8 Å². The van der Waals surface area contributed by atoms with E-state index >= 15 is 0 Å². The smallest absolute Gasteiger partial charge is 0.304 e. The molecule has 0 saturated heterocycles. The molecule has 98 valence electrons. The molecule has 0 unspecified atom stereocenters. The molecule has 19 heavy (non-hydrogen) atoms. The van der Waals surface area contributed by atoms with Crippen molar-refractivity contribution in [2.24, 2.45) is 7.05 Å². The van der Waals surface area contributed by atoms with Gasteiger partial charge in [-0.2, -0.15) is 0 Å². The quantitative estimate of drug-likeness (QED) is 0.785. The molecule has 7 heteroatoms. The minimum atomic E-state index is -2.47. The maximum absolute atomic E-state index is 12.5. The van der Waals surface area contributed by atoms with E-state index in [9.17, 15) is 13.6 Å². The lowest BCUT2D eigenvalue weighted by molar-refractivity contribution is 0.155. The highest BCUT2D eigenvalue weighted by Crippen LogP contribution is 2.33. The summed E-state index contributed by atoms with van der Waals surface area (Å²) in [6.07, 6.45) is -0.886. The van der Waals surface area contributed by atoms with E-state index < -0.39 is 6.43 Å². The van der Waals surface area contributed by atoms with Gasteiger partial charge in [0.1, 0.15) is 0 Å². The van der Waals surface area contributed by atoms with Crippen LogP contribution in [-0.4, -0.2) is 14.5 Å². The van der Waals surface area contributed by atoms with Crippen LogP contribution in [-0.2, 0) is 7.05 Å². The first-order chi connectivity index (χ1) is 9.06. The topological polar surface area (TPSA) is 50.7 Å². The second-order valence-corrected chi connectivity index (χ2v) is 5.20. The van der Waals surface area contributed by atoms with Gasteiger partial charge >= 0.3 is 5.69 Å². The number of nitrogens with zero attached hydrogens (tertiary/aromatic N) is 2. The maximum Gasteiger partial charge on any atom is 0.327 e. The molecule has 3 heterocycles. The first-order valence-electron chi connectivity index (χ1n) is 5.49. The molecule has 0 bridgehead atoms. The summed E-state index contributed by atoms with van der Waals surface area (Å²) in [5.41, 5.74) is 1.60. The summed E-state index contributed by atoms with van der Waals surface area (Å²) >= 11 is 1.02. The van der Waals surface area contributed by atoms with E-state index in [0.717, 1.165) is 11.3 Å². The number of fused-ring (bicyclic) bond motifs is 1. The molecule has 0 amide bonds. The Hall–Kier alpha value is -2.02. The molecule has 4 nitrogen and oxygen atoms in total. The highest BCUT2D eigenvalue weighted by Gasteiger charge is 2.12. The fourth-order valence-corrected chi connectivity index (χ4v) is 2.72. The Bertz CT molecular complexity index is 803. The highest BCUT2D eigenvalue weighted by atomic mass is 32.1. The van der Waals surface area contributed by atoms with Crippen LogP contribution in [0.15, 0.2) is 29.2 Å². The summed E-state index contributed by atoms with van der Waals surface area (Å²) in [7, 11) is 1.62. The van der Waals surface area contributed by atoms with Gasteiger partial charge in [0.15, 0.2) is 5.65 Å². The van der Waals surface area contributed by atoms with Gasteiger partial charge in [-0.1, -0.05) is 0 Å². The average molecular weight is 281 g/mol. The van der Waals surface area contributed by atoms with Crippen LogP contribution in [0.5, 0.6) is 0 Å². The third-order valence-electron chi connectivity index (χ3n) is 2.86. The number of rotatable bonds is 2. The molecule has 0 aliphatic heterocycles. The van der Waals surface area contributed by atoms with Gasteiger partial charge in [0.25, 0.3) is 6.43 Å². The van der Waals surface area contributed by atoms with Gasteiger partial charge in [0.2, 0.25) is 0 Å². The lowest BCUT2D eigenvalue weighted by Crippen LogP contribution is -2.12. The zero-order valence-corrected chi connectivity index (χ0v) is 10.7. The lowest BCUT2D eigenvalue weighted by atomic mass is 10.2. The Morgan fingerprint density at radius 2 is 2.21 bits per heavy atom. The molecule has 0 aliphatic rings. The van der Waals surface area contributed by atoms with Gasteiger partial charge in [-0.3, -0.25) is 4.57 Å². The maximum atomic E-state index is 12.5. The SMILES string of the molecule is Cn1c(=O)[nH]c2cc(-c3ccc(C(F)F)s3)cnc21. The number of alkyl halides is 2. The number of halogens is 2. The number of thiophene rings is 1. The third kappa shape index (κ3) is 1.95. The monoisotopic (exact) mass is 281 g/mol. The molecule has 0 aromatic carbocycles. The normalized spacial score (nSPS) is 11.6.